The van der Waals surface area contributed by atoms with Crippen LogP contribution in [-0.2, 0) is 0 Å². The van der Waals surface area contributed by atoms with Crippen LogP contribution in [0, 0.1) is 18.6 Å². The van der Waals surface area contributed by atoms with E-state index in [9.17, 15) is 8.78 Å². The van der Waals surface area contributed by atoms with Crippen molar-refractivity contribution in [2.24, 2.45) is 0 Å². The van der Waals surface area contributed by atoms with Crippen molar-refractivity contribution in [1.29, 1.82) is 0 Å². The number of nitrogens with zero attached hydrogens (tertiary/aromatic N) is 1. The third kappa shape index (κ3) is 2.96. The van der Waals surface area contributed by atoms with Crippen LogP contribution in [0.4, 0.5) is 8.78 Å². The number of nitrogens with one attached hydrogen (secondary N) is 1. The highest BCUT2D eigenvalue weighted by atomic mass is 19.1. The van der Waals surface area contributed by atoms with Crippen LogP contribution in [0.1, 0.15) is 29.7 Å². The zero-order valence-electron chi connectivity index (χ0n) is 11.0. The number of halogens is 2. The fraction of sp³-hybridized carbons (Fsp3) is 0.267. The predicted molar refractivity (Wildman–Crippen MR) is 70.9 cm³/mol. The van der Waals surface area contributed by atoms with E-state index in [2.05, 4.69) is 10.3 Å². The maximum Gasteiger partial charge on any atom is 0.131 e. The number of hydrogen-bond acceptors (Lipinski definition) is 2. The summed E-state index contributed by atoms with van der Waals surface area (Å²) in [6, 6.07) is 5.83. The molecule has 4 heteroatoms. The lowest BCUT2D eigenvalue weighted by atomic mass is 9.97. The zero-order valence-corrected chi connectivity index (χ0v) is 11.0. The Kier molecular flexibility index (Phi) is 4.22. The number of benzene rings is 1. The molecule has 19 heavy (non-hydrogen) atoms. The third-order valence-electron chi connectivity index (χ3n) is 3.01. The molecule has 1 aromatic heterocycles. The van der Waals surface area contributed by atoms with Crippen LogP contribution < -0.4 is 5.32 Å². The number of pyridine rings is 1. The minimum Gasteiger partial charge on any atom is -0.306 e. The van der Waals surface area contributed by atoms with Gasteiger partial charge in [0.05, 0.1) is 6.04 Å². The van der Waals surface area contributed by atoms with Crippen LogP contribution in [0.5, 0.6) is 0 Å². The summed E-state index contributed by atoms with van der Waals surface area (Å²) in [6.07, 6.45) is 3.35. The van der Waals surface area contributed by atoms with Gasteiger partial charge in [-0.1, -0.05) is 13.0 Å². The van der Waals surface area contributed by atoms with Crippen molar-refractivity contribution in [3.05, 3.63) is 65.0 Å². The molecule has 0 saturated heterocycles. The molecule has 100 valence electrons. The van der Waals surface area contributed by atoms with Gasteiger partial charge in [0.15, 0.2) is 0 Å². The lowest BCUT2D eigenvalue weighted by Crippen LogP contribution is -2.23. The first-order valence-electron chi connectivity index (χ1n) is 6.22. The van der Waals surface area contributed by atoms with Crippen molar-refractivity contribution >= 4 is 0 Å². The first-order valence-corrected chi connectivity index (χ1v) is 6.22. The molecule has 0 aliphatic rings. The van der Waals surface area contributed by atoms with Gasteiger partial charge in [0, 0.05) is 24.0 Å². The van der Waals surface area contributed by atoms with Crippen LogP contribution >= 0.6 is 0 Å². The average molecular weight is 262 g/mol. The lowest BCUT2D eigenvalue weighted by molar-refractivity contribution is 0.537. The molecule has 2 nitrogen and oxygen atoms in total. The van der Waals surface area contributed by atoms with E-state index in [0.29, 0.717) is 17.7 Å². The van der Waals surface area contributed by atoms with Crippen LogP contribution in [0.25, 0.3) is 0 Å². The minimum atomic E-state index is -0.544. The molecule has 2 aromatic rings. The van der Waals surface area contributed by atoms with Gasteiger partial charge in [0.25, 0.3) is 0 Å². The Bertz CT molecular complexity index is 556. The quantitative estimate of drug-likeness (QED) is 0.913. The molecule has 0 amide bonds. The second kappa shape index (κ2) is 5.89. The Morgan fingerprint density at radius 3 is 2.68 bits per heavy atom. The Morgan fingerprint density at radius 2 is 2.05 bits per heavy atom. The van der Waals surface area contributed by atoms with Gasteiger partial charge in [-0.25, -0.2) is 8.78 Å². The van der Waals surface area contributed by atoms with Gasteiger partial charge < -0.3 is 5.32 Å². The number of hydrogen-bond donors (Lipinski definition) is 1. The first kappa shape index (κ1) is 13.6. The molecule has 1 atom stereocenters. The summed E-state index contributed by atoms with van der Waals surface area (Å²) >= 11 is 0. The third-order valence-corrected chi connectivity index (χ3v) is 3.01. The molecule has 0 saturated carbocycles. The Balaban J connectivity index is 2.48. The molecule has 0 fully saturated rings. The highest BCUT2D eigenvalue weighted by Crippen LogP contribution is 2.26. The van der Waals surface area contributed by atoms with Crippen LogP contribution in [0.3, 0.4) is 0 Å². The molecule has 0 aliphatic heterocycles. The summed E-state index contributed by atoms with van der Waals surface area (Å²) in [6.45, 7) is 4.25. The van der Waals surface area contributed by atoms with Crippen molar-refractivity contribution in [2.45, 2.75) is 19.9 Å². The van der Waals surface area contributed by atoms with Crippen molar-refractivity contribution in [2.75, 3.05) is 6.54 Å². The topological polar surface area (TPSA) is 24.9 Å². The summed E-state index contributed by atoms with van der Waals surface area (Å²) in [7, 11) is 0. The van der Waals surface area contributed by atoms with E-state index >= 15 is 0 Å². The van der Waals surface area contributed by atoms with Gasteiger partial charge in [-0.2, -0.15) is 0 Å². The molecule has 1 N–H and O–H groups in total. The average Bonchev–Trinajstić information content (AvgIpc) is 2.42. The van der Waals surface area contributed by atoms with E-state index in [1.165, 1.54) is 0 Å². The SMILES string of the molecule is CCNC(c1cccnc1)c1cc(C)c(F)cc1F. The van der Waals surface area contributed by atoms with Crippen molar-refractivity contribution in [3.63, 3.8) is 0 Å². The monoisotopic (exact) mass is 262 g/mol. The van der Waals surface area contributed by atoms with E-state index < -0.39 is 11.6 Å². The van der Waals surface area contributed by atoms with Gasteiger partial charge >= 0.3 is 0 Å². The van der Waals surface area contributed by atoms with E-state index in [4.69, 9.17) is 0 Å². The molecule has 1 unspecified atom stereocenters. The second-order valence-electron chi connectivity index (χ2n) is 4.40. The van der Waals surface area contributed by atoms with Gasteiger partial charge in [0.1, 0.15) is 11.6 Å². The normalized spacial score (nSPS) is 12.4. The fourth-order valence-electron chi connectivity index (χ4n) is 2.06. The number of rotatable bonds is 4. The predicted octanol–water partition coefficient (Wildman–Crippen LogP) is 3.37. The Morgan fingerprint density at radius 1 is 1.26 bits per heavy atom. The van der Waals surface area contributed by atoms with Crippen LogP contribution in [0.15, 0.2) is 36.7 Å². The van der Waals surface area contributed by atoms with Gasteiger partial charge in [-0.3, -0.25) is 4.98 Å². The Labute approximate surface area is 111 Å². The summed E-state index contributed by atoms with van der Waals surface area (Å²) in [5.74, 6) is -1.07. The lowest BCUT2D eigenvalue weighted by Gasteiger charge is -2.19. The second-order valence-corrected chi connectivity index (χ2v) is 4.40. The standard InChI is InChI=1S/C15H16F2N2/c1-3-19-15(11-5-4-6-18-9-11)12-7-10(2)13(16)8-14(12)17/h4-9,15,19H,3H2,1-2H3. The molecule has 0 bridgehead atoms. The summed E-state index contributed by atoms with van der Waals surface area (Å²) in [5.41, 5.74) is 1.73. The molecular weight excluding hydrogens is 246 g/mol. The van der Waals surface area contributed by atoms with Gasteiger partial charge in [-0.05, 0) is 36.7 Å². The summed E-state index contributed by atoms with van der Waals surface area (Å²) < 4.78 is 27.3. The maximum absolute atomic E-state index is 14.0. The molecule has 1 aromatic carbocycles. The fourth-order valence-corrected chi connectivity index (χ4v) is 2.06. The van der Waals surface area contributed by atoms with Gasteiger partial charge in [-0.15, -0.1) is 0 Å². The number of aromatic nitrogens is 1. The Hall–Kier alpha value is -1.81. The summed E-state index contributed by atoms with van der Waals surface area (Å²) in [5, 5.41) is 3.20. The van der Waals surface area contributed by atoms with E-state index in [0.717, 1.165) is 11.6 Å². The highest BCUT2D eigenvalue weighted by Gasteiger charge is 2.18. The van der Waals surface area contributed by atoms with E-state index in [-0.39, 0.29) is 6.04 Å². The largest absolute Gasteiger partial charge is 0.306 e. The van der Waals surface area contributed by atoms with Crippen LogP contribution in [-0.4, -0.2) is 11.5 Å². The van der Waals surface area contributed by atoms with E-state index in [1.54, 1.807) is 31.5 Å². The molecule has 2 rings (SSSR count). The first-order chi connectivity index (χ1) is 9.13. The van der Waals surface area contributed by atoms with Gasteiger partial charge in [0.2, 0.25) is 0 Å². The van der Waals surface area contributed by atoms with Crippen molar-refractivity contribution < 1.29 is 8.78 Å². The maximum atomic E-state index is 14.0. The van der Waals surface area contributed by atoms with E-state index in [1.807, 2.05) is 13.0 Å². The zero-order chi connectivity index (χ0) is 13.8. The molecule has 0 aliphatic carbocycles. The molecule has 0 radical (unpaired) electrons. The van der Waals surface area contributed by atoms with Crippen molar-refractivity contribution in [3.8, 4) is 0 Å². The molecular formula is C15H16F2N2. The minimum absolute atomic E-state index is 0.321. The summed E-state index contributed by atoms with van der Waals surface area (Å²) in [4.78, 5) is 4.05. The highest BCUT2D eigenvalue weighted by molar-refractivity contribution is 5.34. The molecule has 0 spiro atoms. The molecule has 1 heterocycles. The smallest absolute Gasteiger partial charge is 0.131 e. The van der Waals surface area contributed by atoms with Crippen LogP contribution in [0.2, 0.25) is 0 Å². The van der Waals surface area contributed by atoms with Crippen molar-refractivity contribution in [1.82, 2.24) is 10.3 Å². The number of aryl methyl sites for hydroxylation is 1.